The monoisotopic (exact) mass is 447 g/mol. The predicted octanol–water partition coefficient (Wildman–Crippen LogP) is 2.70. The summed E-state index contributed by atoms with van der Waals surface area (Å²) in [6.07, 6.45) is 0.117. The molecule has 3 heterocycles. The van der Waals surface area contributed by atoms with E-state index in [1.165, 1.54) is 12.1 Å². The quantitative estimate of drug-likeness (QED) is 0.691. The topological polar surface area (TPSA) is 53.1 Å². The van der Waals surface area contributed by atoms with Gasteiger partial charge in [-0.1, -0.05) is 24.8 Å². The highest BCUT2D eigenvalue weighted by Crippen LogP contribution is 2.32. The molecule has 2 aromatic rings. The van der Waals surface area contributed by atoms with Crippen LogP contribution in [-0.4, -0.2) is 40.3 Å². The first kappa shape index (κ1) is 22.3. The van der Waals surface area contributed by atoms with Gasteiger partial charge in [-0.05, 0) is 32.4 Å². The Kier molecular flexibility index (Phi) is 5.94. The van der Waals surface area contributed by atoms with Gasteiger partial charge in [-0.3, -0.25) is 0 Å². The first-order chi connectivity index (χ1) is 15.2. The number of halogens is 4. The van der Waals surface area contributed by atoms with Crippen molar-refractivity contribution in [3.05, 3.63) is 63.6 Å². The highest BCUT2D eigenvalue weighted by molar-refractivity contribution is 5.54. The fourth-order valence-electron chi connectivity index (χ4n) is 4.37. The number of aromatic nitrogens is 2. The average molecular weight is 447 g/mol. The number of aryl methyl sites for hydroxylation is 1. The van der Waals surface area contributed by atoms with E-state index in [0.717, 1.165) is 41.7 Å². The molecule has 9 heteroatoms. The lowest BCUT2D eigenvalue weighted by molar-refractivity contribution is -0.140. The van der Waals surface area contributed by atoms with Crippen LogP contribution in [0.2, 0.25) is 0 Å². The lowest BCUT2D eigenvalue weighted by atomic mass is 10.0. The fourth-order valence-corrected chi connectivity index (χ4v) is 4.37. The molecule has 4 rings (SSSR count). The molecule has 5 nitrogen and oxygen atoms in total. The molecule has 2 unspecified atom stereocenters. The van der Waals surface area contributed by atoms with E-state index >= 15 is 0 Å². The molecule has 2 aliphatic rings. The lowest BCUT2D eigenvalue weighted by Gasteiger charge is -2.38. The normalized spacial score (nSPS) is 21.5. The van der Waals surface area contributed by atoms with Crippen molar-refractivity contribution in [3.63, 3.8) is 0 Å². The van der Waals surface area contributed by atoms with E-state index < -0.39 is 17.6 Å². The van der Waals surface area contributed by atoms with Crippen LogP contribution in [-0.2, 0) is 12.7 Å². The average Bonchev–Trinajstić information content (AvgIpc) is 3.01. The molecular formula is C23H25F4N5. The van der Waals surface area contributed by atoms with Gasteiger partial charge in [0.1, 0.15) is 5.82 Å². The van der Waals surface area contributed by atoms with Crippen molar-refractivity contribution in [2.24, 2.45) is 0 Å². The summed E-state index contributed by atoms with van der Waals surface area (Å²) in [6.45, 7) is 9.60. The zero-order chi connectivity index (χ0) is 23.0. The molecule has 0 spiro atoms. The zero-order valence-corrected chi connectivity index (χ0v) is 17.9. The van der Waals surface area contributed by atoms with Gasteiger partial charge in [0, 0.05) is 47.4 Å². The molecule has 1 aromatic heterocycles. The van der Waals surface area contributed by atoms with Crippen LogP contribution >= 0.6 is 0 Å². The fraction of sp³-hybridized carbons (Fsp3) is 0.391. The van der Waals surface area contributed by atoms with E-state index in [4.69, 9.17) is 0 Å². The second-order valence-electron chi connectivity index (χ2n) is 8.08. The van der Waals surface area contributed by atoms with E-state index in [-0.39, 0.29) is 12.1 Å². The summed E-state index contributed by atoms with van der Waals surface area (Å²) >= 11 is 0. The number of fused-ring (bicyclic) bond motifs is 1. The third kappa shape index (κ3) is 4.09. The number of rotatable bonds is 5. The summed E-state index contributed by atoms with van der Waals surface area (Å²) in [5.74, 6) is -0.922. The maximum absolute atomic E-state index is 14.4. The minimum atomic E-state index is -4.76. The molecule has 0 saturated carbocycles. The van der Waals surface area contributed by atoms with Gasteiger partial charge >= 0.3 is 6.18 Å². The minimum Gasteiger partial charge on any atom is -0.366 e. The number of likely N-dealkylation sites (tertiary alicyclic amines) is 1. The molecule has 0 radical (unpaired) electrons. The van der Waals surface area contributed by atoms with Crippen molar-refractivity contribution < 1.29 is 17.6 Å². The number of nitrogens with zero attached hydrogens (tertiary/aromatic N) is 3. The molecule has 2 N–H and O–H groups in total. The molecule has 170 valence electrons. The van der Waals surface area contributed by atoms with Crippen molar-refractivity contribution in [3.8, 4) is 0 Å². The molecule has 0 aliphatic carbocycles. The standard InChI is InChI=1S/C23H25F4N5/c1-4-16-14(3)30-31-22(17(16)10-13(2)32-9-8-19-20(32)12-28-19)29-11-15-6-5-7-18(21(15)24)23(25,26)27/h4-7,10,19-20,28H,2,8-9,11-12H2,1,3H3,(H,29,31)/b16-4-,17-10+. The first-order valence-corrected chi connectivity index (χ1v) is 10.5. The van der Waals surface area contributed by atoms with E-state index in [1.54, 1.807) is 0 Å². The van der Waals surface area contributed by atoms with Gasteiger partial charge in [0.15, 0.2) is 5.82 Å². The summed E-state index contributed by atoms with van der Waals surface area (Å²) in [5.41, 5.74) is 0.166. The third-order valence-electron chi connectivity index (χ3n) is 6.17. The van der Waals surface area contributed by atoms with Crippen molar-refractivity contribution in [2.45, 2.75) is 45.1 Å². The second kappa shape index (κ2) is 8.54. The van der Waals surface area contributed by atoms with Crippen LogP contribution in [0, 0.1) is 12.7 Å². The van der Waals surface area contributed by atoms with E-state index in [9.17, 15) is 17.6 Å². The van der Waals surface area contributed by atoms with Crippen LogP contribution in [0.3, 0.4) is 0 Å². The number of allylic oxidation sites excluding steroid dienone is 1. The summed E-state index contributed by atoms with van der Waals surface area (Å²) in [5, 5.41) is 16.3. The largest absolute Gasteiger partial charge is 0.419 e. The highest BCUT2D eigenvalue weighted by atomic mass is 19.4. The molecular weight excluding hydrogens is 422 g/mol. The predicted molar refractivity (Wildman–Crippen MR) is 115 cm³/mol. The van der Waals surface area contributed by atoms with Crippen molar-refractivity contribution in [2.75, 3.05) is 18.4 Å². The van der Waals surface area contributed by atoms with E-state index in [0.29, 0.717) is 23.6 Å². The van der Waals surface area contributed by atoms with E-state index in [2.05, 4.69) is 32.3 Å². The number of benzene rings is 1. The second-order valence-corrected chi connectivity index (χ2v) is 8.08. The third-order valence-corrected chi connectivity index (χ3v) is 6.17. The molecule has 2 atom stereocenters. The van der Waals surface area contributed by atoms with Crippen LogP contribution in [0.4, 0.5) is 23.4 Å². The number of alkyl halides is 3. The molecule has 2 fully saturated rings. The van der Waals surface area contributed by atoms with Crippen molar-refractivity contribution >= 4 is 18.0 Å². The van der Waals surface area contributed by atoms with E-state index in [1.807, 2.05) is 26.0 Å². The van der Waals surface area contributed by atoms with Crippen LogP contribution in [0.5, 0.6) is 0 Å². The van der Waals surface area contributed by atoms with Crippen molar-refractivity contribution in [1.29, 1.82) is 0 Å². The Hall–Kier alpha value is -2.94. The van der Waals surface area contributed by atoms with Gasteiger partial charge < -0.3 is 15.5 Å². The van der Waals surface area contributed by atoms with Gasteiger partial charge in [0.05, 0.1) is 17.3 Å². The Morgan fingerprint density at radius 1 is 1.31 bits per heavy atom. The Labute approximate surface area is 183 Å². The van der Waals surface area contributed by atoms with Crippen LogP contribution in [0.15, 0.2) is 30.5 Å². The Bertz CT molecular complexity index is 1160. The maximum atomic E-state index is 14.4. The number of hydrogen-bond donors (Lipinski definition) is 2. The highest BCUT2D eigenvalue weighted by Gasteiger charge is 2.40. The molecule has 32 heavy (non-hydrogen) atoms. The van der Waals surface area contributed by atoms with Crippen LogP contribution in [0.25, 0.3) is 12.2 Å². The molecule has 2 saturated heterocycles. The lowest BCUT2D eigenvalue weighted by Crippen LogP contribution is -2.58. The van der Waals surface area contributed by atoms with Crippen LogP contribution < -0.4 is 21.1 Å². The number of anilines is 1. The van der Waals surface area contributed by atoms with Gasteiger partial charge in [0.2, 0.25) is 0 Å². The maximum Gasteiger partial charge on any atom is 0.419 e. The van der Waals surface area contributed by atoms with Gasteiger partial charge in [-0.25, -0.2) is 4.39 Å². The van der Waals surface area contributed by atoms with Gasteiger partial charge in [-0.15, -0.1) is 5.10 Å². The Morgan fingerprint density at radius 2 is 2.09 bits per heavy atom. The summed E-state index contributed by atoms with van der Waals surface area (Å²) in [4.78, 5) is 2.26. The Balaban J connectivity index is 1.67. The molecule has 2 aliphatic heterocycles. The zero-order valence-electron chi connectivity index (χ0n) is 17.9. The summed E-state index contributed by atoms with van der Waals surface area (Å²) in [6, 6.07) is 4.15. The summed E-state index contributed by atoms with van der Waals surface area (Å²) in [7, 11) is 0. The smallest absolute Gasteiger partial charge is 0.366 e. The molecule has 0 bridgehead atoms. The molecule has 0 amide bonds. The van der Waals surface area contributed by atoms with Gasteiger partial charge in [0.25, 0.3) is 0 Å². The number of hydrogen-bond acceptors (Lipinski definition) is 5. The number of nitrogens with one attached hydrogen (secondary N) is 2. The van der Waals surface area contributed by atoms with Gasteiger partial charge in [-0.2, -0.15) is 18.3 Å². The van der Waals surface area contributed by atoms with Crippen molar-refractivity contribution in [1.82, 2.24) is 20.4 Å². The molecule has 1 aromatic carbocycles. The van der Waals surface area contributed by atoms with Crippen LogP contribution in [0.1, 0.15) is 30.2 Å². The first-order valence-electron chi connectivity index (χ1n) is 10.5. The summed E-state index contributed by atoms with van der Waals surface area (Å²) < 4.78 is 53.6. The minimum absolute atomic E-state index is 0.100. The SMILES string of the molecule is C=C(/C=c1/c(NCc2cccc(C(F)(F)F)c2F)nnc(C)/c1=C/C)N1CCC2NCC21. The Morgan fingerprint density at radius 3 is 2.72 bits per heavy atom.